The molecule has 0 radical (unpaired) electrons. The first-order valence-electron chi connectivity index (χ1n) is 12.0. The molecule has 1 aliphatic rings. The van der Waals surface area contributed by atoms with Crippen LogP contribution >= 0.6 is 11.6 Å². The van der Waals surface area contributed by atoms with Crippen LogP contribution in [0.15, 0.2) is 53.6 Å². The molecule has 1 amide bonds. The van der Waals surface area contributed by atoms with Gasteiger partial charge in [0.2, 0.25) is 0 Å². The number of benzene rings is 1. The fourth-order valence-corrected chi connectivity index (χ4v) is 5.52. The highest BCUT2D eigenvalue weighted by molar-refractivity contribution is 7.90. The highest BCUT2D eigenvalue weighted by Crippen LogP contribution is 2.35. The number of nitrogens with two attached hydrogens (primary N) is 1. The monoisotopic (exact) mass is 547 g/mol. The minimum absolute atomic E-state index is 0. The van der Waals surface area contributed by atoms with Crippen molar-refractivity contribution < 1.29 is 20.8 Å². The molecule has 0 spiro atoms. The van der Waals surface area contributed by atoms with Crippen LogP contribution in [-0.2, 0) is 10.0 Å². The number of sulfonamides is 1. The Bertz CT molecular complexity index is 1430. The second kappa shape index (κ2) is 10.5. The Labute approximate surface area is 225 Å². The zero-order valence-electron chi connectivity index (χ0n) is 21.1. The van der Waals surface area contributed by atoms with Gasteiger partial charge in [0.15, 0.2) is 5.03 Å². The highest BCUT2D eigenvalue weighted by atomic mass is 35.5. The molecule has 2 aromatic heterocycles. The number of nitrogen functional groups attached to an aromatic ring is 1. The van der Waals surface area contributed by atoms with Crippen molar-refractivity contribution in [3.05, 3.63) is 59.1 Å². The summed E-state index contributed by atoms with van der Waals surface area (Å²) in [5.74, 6) is 0.169. The lowest BCUT2D eigenvalue weighted by molar-refractivity contribution is 0.0981. The van der Waals surface area contributed by atoms with Gasteiger partial charge in [0.25, 0.3) is 15.9 Å². The summed E-state index contributed by atoms with van der Waals surface area (Å²) in [5, 5.41) is 0.143. The van der Waals surface area contributed by atoms with E-state index in [1.54, 1.807) is 24.3 Å². The Hall–Kier alpha value is -3.37. The highest BCUT2D eigenvalue weighted by Gasteiger charge is 2.33. The molecule has 37 heavy (non-hydrogen) atoms. The lowest BCUT2D eigenvalue weighted by atomic mass is 10.1. The minimum Gasteiger partial charge on any atom is -0.489 e. The SMILES string of the molecule is CC(C)Oc1cc(-c2ccc(C(=O)NS(=O)(=O)c3cccc(N)n3)c(N3[C@H](C)CC[C@@H]3C)n2)ccc1Cl.[HH].[HH]. The molecule has 1 fully saturated rings. The van der Waals surface area contributed by atoms with E-state index in [0.29, 0.717) is 22.3 Å². The van der Waals surface area contributed by atoms with E-state index in [1.165, 1.54) is 18.2 Å². The number of halogens is 1. The van der Waals surface area contributed by atoms with E-state index in [0.717, 1.165) is 18.4 Å². The fraction of sp³-hybridized carbons (Fsp3) is 0.346. The zero-order valence-corrected chi connectivity index (χ0v) is 22.7. The van der Waals surface area contributed by atoms with Gasteiger partial charge >= 0.3 is 0 Å². The van der Waals surface area contributed by atoms with Crippen molar-refractivity contribution in [2.75, 3.05) is 10.6 Å². The second-order valence-electron chi connectivity index (χ2n) is 9.40. The first-order valence-corrected chi connectivity index (χ1v) is 13.9. The third-order valence-electron chi connectivity index (χ3n) is 6.15. The summed E-state index contributed by atoms with van der Waals surface area (Å²) >= 11 is 6.31. The Balaban J connectivity index is 0.00000267. The minimum atomic E-state index is -4.25. The smallest absolute Gasteiger partial charge is 0.281 e. The van der Waals surface area contributed by atoms with Gasteiger partial charge < -0.3 is 15.4 Å². The molecule has 200 valence electrons. The number of ether oxygens (including phenoxy) is 1. The summed E-state index contributed by atoms with van der Waals surface area (Å²) in [7, 11) is -4.25. The molecule has 1 aliphatic heterocycles. The third-order valence-corrected chi connectivity index (χ3v) is 7.70. The molecule has 2 atom stereocenters. The molecule has 3 N–H and O–H groups in total. The summed E-state index contributed by atoms with van der Waals surface area (Å²) in [6, 6.07) is 13.1. The second-order valence-corrected chi connectivity index (χ2v) is 11.4. The largest absolute Gasteiger partial charge is 0.489 e. The van der Waals surface area contributed by atoms with Crippen molar-refractivity contribution in [3.8, 4) is 17.0 Å². The molecule has 1 aromatic carbocycles. The standard InChI is InChI=1S/C26H30ClN5O4S.2H2/c1-15(2)36-22-14-18(10-12-20(22)27)21-13-11-19(25(29-21)32-16(3)8-9-17(32)4)26(33)31-37(34,35)24-7-5-6-23(28)30-24;;/h5-7,10-17H,8-9H2,1-4H3,(H2,28,30)(H,31,33);2*1H/t16-,17+;;. The van der Waals surface area contributed by atoms with Crippen LogP contribution in [0.1, 0.15) is 53.7 Å². The number of rotatable bonds is 7. The number of nitrogens with zero attached hydrogens (tertiary/aromatic N) is 3. The molecule has 11 heteroatoms. The van der Waals surface area contributed by atoms with E-state index in [4.69, 9.17) is 27.1 Å². The number of anilines is 2. The van der Waals surface area contributed by atoms with Crippen molar-refractivity contribution >= 4 is 39.2 Å². The Morgan fingerprint density at radius 1 is 1.14 bits per heavy atom. The van der Waals surface area contributed by atoms with Crippen molar-refractivity contribution in [3.63, 3.8) is 0 Å². The third kappa shape index (κ3) is 5.80. The molecule has 4 rings (SSSR count). The van der Waals surface area contributed by atoms with Gasteiger partial charge in [-0.2, -0.15) is 8.42 Å². The summed E-state index contributed by atoms with van der Waals surface area (Å²) < 4.78 is 33.7. The number of aromatic nitrogens is 2. The summed E-state index contributed by atoms with van der Waals surface area (Å²) in [6.45, 7) is 7.94. The predicted molar refractivity (Wildman–Crippen MR) is 149 cm³/mol. The van der Waals surface area contributed by atoms with Gasteiger partial charge in [0.1, 0.15) is 17.4 Å². The molecule has 9 nitrogen and oxygen atoms in total. The maximum Gasteiger partial charge on any atom is 0.281 e. The van der Waals surface area contributed by atoms with Crippen molar-refractivity contribution in [1.82, 2.24) is 14.7 Å². The quantitative estimate of drug-likeness (QED) is 0.415. The van der Waals surface area contributed by atoms with E-state index in [1.807, 2.05) is 19.9 Å². The predicted octanol–water partition coefficient (Wildman–Crippen LogP) is 5.15. The molecule has 0 bridgehead atoms. The summed E-state index contributed by atoms with van der Waals surface area (Å²) in [5.41, 5.74) is 7.13. The van der Waals surface area contributed by atoms with Crippen LogP contribution in [0.5, 0.6) is 5.75 Å². The number of carbonyl (C=O) groups is 1. The van der Waals surface area contributed by atoms with E-state index < -0.39 is 15.9 Å². The van der Waals surface area contributed by atoms with Crippen LogP contribution in [0.2, 0.25) is 5.02 Å². The van der Waals surface area contributed by atoms with Crippen LogP contribution in [0.3, 0.4) is 0 Å². The number of hydrogen-bond donors (Lipinski definition) is 2. The molecule has 3 heterocycles. The zero-order chi connectivity index (χ0) is 26.9. The van der Waals surface area contributed by atoms with Crippen LogP contribution in [-0.4, -0.2) is 42.5 Å². The lowest BCUT2D eigenvalue weighted by Gasteiger charge is -2.29. The Kier molecular flexibility index (Phi) is 7.61. The maximum atomic E-state index is 13.3. The van der Waals surface area contributed by atoms with Gasteiger partial charge in [0.05, 0.1) is 22.4 Å². The molecule has 1 saturated heterocycles. The van der Waals surface area contributed by atoms with Crippen molar-refractivity contribution in [1.29, 1.82) is 0 Å². The Morgan fingerprint density at radius 3 is 2.49 bits per heavy atom. The number of pyridine rings is 2. The first kappa shape index (κ1) is 26.7. The van der Waals surface area contributed by atoms with Gasteiger partial charge in [-0.1, -0.05) is 23.7 Å². The summed E-state index contributed by atoms with van der Waals surface area (Å²) in [4.78, 5) is 24.1. The van der Waals surface area contributed by atoms with E-state index in [2.05, 4.69) is 28.5 Å². The van der Waals surface area contributed by atoms with Crippen LogP contribution in [0.4, 0.5) is 11.6 Å². The van der Waals surface area contributed by atoms with Gasteiger partial charge in [0, 0.05) is 20.5 Å². The van der Waals surface area contributed by atoms with Gasteiger partial charge in [-0.05, 0) is 76.9 Å². The molecule has 0 saturated carbocycles. The number of carbonyl (C=O) groups excluding carboxylic acids is 1. The topological polar surface area (TPSA) is 128 Å². The summed E-state index contributed by atoms with van der Waals surface area (Å²) in [6.07, 6.45) is 1.78. The van der Waals surface area contributed by atoms with Crippen LogP contribution < -0.4 is 20.1 Å². The Morgan fingerprint density at radius 2 is 1.84 bits per heavy atom. The van der Waals surface area contributed by atoms with Crippen LogP contribution in [0.25, 0.3) is 11.3 Å². The molecular formula is C26H34ClN5O4S. The average Bonchev–Trinajstić information content (AvgIpc) is 3.17. The van der Waals surface area contributed by atoms with Crippen molar-refractivity contribution in [2.45, 2.75) is 63.8 Å². The molecule has 3 aromatic rings. The maximum absolute atomic E-state index is 13.3. The number of hydrogen-bond acceptors (Lipinski definition) is 8. The average molecular weight is 548 g/mol. The fourth-order valence-electron chi connectivity index (χ4n) is 4.41. The number of amides is 1. The van der Waals surface area contributed by atoms with Gasteiger partial charge in [-0.25, -0.2) is 14.7 Å². The lowest BCUT2D eigenvalue weighted by Crippen LogP contribution is -2.37. The molecule has 0 aliphatic carbocycles. The molecular weight excluding hydrogens is 514 g/mol. The molecule has 0 unspecified atom stereocenters. The van der Waals surface area contributed by atoms with Gasteiger partial charge in [-0.3, -0.25) is 4.79 Å². The van der Waals surface area contributed by atoms with E-state index in [-0.39, 0.29) is 37.4 Å². The first-order chi connectivity index (χ1) is 17.5. The van der Waals surface area contributed by atoms with E-state index in [9.17, 15) is 13.2 Å². The normalized spacial score (nSPS) is 17.7. The number of nitrogens with one attached hydrogen (secondary N) is 1. The van der Waals surface area contributed by atoms with Crippen LogP contribution in [0, 0.1) is 0 Å². The van der Waals surface area contributed by atoms with Crippen molar-refractivity contribution in [2.24, 2.45) is 0 Å². The van der Waals surface area contributed by atoms with Gasteiger partial charge in [-0.15, -0.1) is 0 Å². The van der Waals surface area contributed by atoms with E-state index >= 15 is 0 Å².